The largest absolute Gasteiger partial charge is 0.507 e. The van der Waals surface area contributed by atoms with Gasteiger partial charge >= 0.3 is 0 Å². The molecule has 3 aromatic rings. The lowest BCUT2D eigenvalue weighted by atomic mass is 9.87. The number of benzene rings is 3. The molecule has 1 amide bonds. The summed E-state index contributed by atoms with van der Waals surface area (Å²) in [5.74, 6) is -1.39. The second-order valence-electron chi connectivity index (χ2n) is 10.5. The lowest BCUT2D eigenvalue weighted by Gasteiger charge is -2.27. The molecule has 0 radical (unpaired) electrons. The highest BCUT2D eigenvalue weighted by molar-refractivity contribution is 6.51. The van der Waals surface area contributed by atoms with Gasteiger partial charge in [-0.1, -0.05) is 45.0 Å². The number of ether oxygens (including phenoxy) is 1. The maximum absolute atomic E-state index is 13.4. The third-order valence-corrected chi connectivity index (χ3v) is 6.38. The number of Topliss-reactive ketones (excluding diaryl/α,β-unsaturated/α-hetero) is 1. The fourth-order valence-corrected chi connectivity index (χ4v) is 4.43. The predicted octanol–water partition coefficient (Wildman–Crippen LogP) is 6.31. The Hall–Kier alpha value is -4.46. The molecule has 38 heavy (non-hydrogen) atoms. The van der Waals surface area contributed by atoms with Crippen LogP contribution in [0.15, 0.2) is 78.4 Å². The second-order valence-corrected chi connectivity index (χ2v) is 10.5. The Morgan fingerprint density at radius 3 is 2.03 bits per heavy atom. The average Bonchev–Trinajstić information content (AvgIpc) is 3.13. The van der Waals surface area contributed by atoms with Crippen molar-refractivity contribution in [3.8, 4) is 5.75 Å². The van der Waals surface area contributed by atoms with Gasteiger partial charge in [-0.25, -0.2) is 0 Å². The summed E-state index contributed by atoms with van der Waals surface area (Å²) in [4.78, 5) is 38.6. The number of carbonyl (C=O) groups is 2. The topological polar surface area (TPSA) is 110 Å². The third kappa shape index (κ3) is 5.16. The summed E-state index contributed by atoms with van der Waals surface area (Å²) >= 11 is 0. The van der Waals surface area contributed by atoms with Gasteiger partial charge in [-0.05, 0) is 66.8 Å². The number of nitro benzene ring substituents is 1. The number of amides is 1. The number of ketones is 1. The molecular weight excluding hydrogens is 484 g/mol. The van der Waals surface area contributed by atoms with E-state index in [1.165, 1.54) is 29.2 Å². The number of aliphatic hydroxyl groups excluding tert-OH is 1. The number of non-ortho nitro benzene ring substituents is 1. The minimum atomic E-state index is -0.918. The third-order valence-electron chi connectivity index (χ3n) is 6.38. The molecule has 0 bridgehead atoms. The number of anilines is 1. The molecule has 0 aromatic heterocycles. The van der Waals surface area contributed by atoms with Crippen molar-refractivity contribution in [2.75, 3.05) is 4.90 Å². The van der Waals surface area contributed by atoms with Gasteiger partial charge in [0.25, 0.3) is 17.4 Å². The predicted molar refractivity (Wildman–Crippen MR) is 145 cm³/mol. The number of aliphatic hydroxyl groups is 1. The maximum atomic E-state index is 13.4. The van der Waals surface area contributed by atoms with Gasteiger partial charge in [-0.15, -0.1) is 0 Å². The minimum Gasteiger partial charge on any atom is -0.507 e. The van der Waals surface area contributed by atoms with E-state index in [1.54, 1.807) is 36.4 Å². The van der Waals surface area contributed by atoms with Crippen molar-refractivity contribution in [2.24, 2.45) is 0 Å². The molecule has 1 unspecified atom stereocenters. The second kappa shape index (κ2) is 10.1. The molecule has 196 valence electrons. The van der Waals surface area contributed by atoms with Crippen LogP contribution in [0.2, 0.25) is 0 Å². The number of rotatable bonds is 6. The van der Waals surface area contributed by atoms with Crippen LogP contribution in [0.3, 0.4) is 0 Å². The molecule has 4 rings (SSSR count). The molecule has 1 heterocycles. The van der Waals surface area contributed by atoms with Gasteiger partial charge in [0.15, 0.2) is 0 Å². The fraction of sp³-hybridized carbons (Fsp3) is 0.267. The molecule has 1 fully saturated rings. The van der Waals surface area contributed by atoms with Gasteiger partial charge in [0.1, 0.15) is 11.5 Å². The average molecular weight is 515 g/mol. The monoisotopic (exact) mass is 514 g/mol. The Morgan fingerprint density at radius 2 is 1.53 bits per heavy atom. The minimum absolute atomic E-state index is 0.0324. The van der Waals surface area contributed by atoms with Gasteiger partial charge < -0.3 is 9.84 Å². The van der Waals surface area contributed by atoms with Crippen LogP contribution < -0.4 is 9.64 Å². The van der Waals surface area contributed by atoms with E-state index in [1.807, 2.05) is 26.0 Å². The van der Waals surface area contributed by atoms with Gasteiger partial charge in [0, 0.05) is 23.4 Å². The van der Waals surface area contributed by atoms with Crippen molar-refractivity contribution < 1.29 is 24.4 Å². The van der Waals surface area contributed by atoms with Crippen LogP contribution in [-0.2, 0) is 15.0 Å². The zero-order valence-electron chi connectivity index (χ0n) is 22.0. The zero-order chi connectivity index (χ0) is 27.8. The zero-order valence-corrected chi connectivity index (χ0v) is 22.0. The summed E-state index contributed by atoms with van der Waals surface area (Å²) in [7, 11) is 0. The van der Waals surface area contributed by atoms with Crippen LogP contribution in [0, 0.1) is 10.1 Å². The SMILES string of the molecule is CC(C)Oc1ccc(C2/C(=C(/O)c3ccc([N+](=O)[O-])cc3)C(=O)C(=O)N2c2ccc(C(C)(C)C)cc2)cc1. The molecule has 1 atom stereocenters. The van der Waals surface area contributed by atoms with Crippen molar-refractivity contribution in [3.05, 3.63) is 105 Å². The molecular formula is C30H30N2O6. The number of hydrogen-bond donors (Lipinski definition) is 1. The van der Waals surface area contributed by atoms with E-state index < -0.39 is 28.4 Å². The van der Waals surface area contributed by atoms with E-state index >= 15 is 0 Å². The Labute approximate surface area is 221 Å². The van der Waals surface area contributed by atoms with Crippen LogP contribution in [0.5, 0.6) is 5.75 Å². The van der Waals surface area contributed by atoms with Crippen LogP contribution in [0.4, 0.5) is 11.4 Å². The van der Waals surface area contributed by atoms with Crippen LogP contribution in [-0.4, -0.2) is 27.8 Å². The van der Waals surface area contributed by atoms with Crippen molar-refractivity contribution >= 4 is 28.8 Å². The Morgan fingerprint density at radius 1 is 0.947 bits per heavy atom. The lowest BCUT2D eigenvalue weighted by Crippen LogP contribution is -2.29. The molecule has 1 aliphatic heterocycles. The summed E-state index contributed by atoms with van der Waals surface area (Å²) in [6, 6.07) is 18.7. The maximum Gasteiger partial charge on any atom is 0.300 e. The molecule has 1 saturated heterocycles. The summed E-state index contributed by atoms with van der Waals surface area (Å²) in [5.41, 5.74) is 2.02. The summed E-state index contributed by atoms with van der Waals surface area (Å²) in [5, 5.41) is 22.3. The van der Waals surface area contributed by atoms with Gasteiger partial charge in [-0.2, -0.15) is 0 Å². The van der Waals surface area contributed by atoms with Crippen molar-refractivity contribution in [1.82, 2.24) is 0 Å². The van der Waals surface area contributed by atoms with E-state index in [0.29, 0.717) is 17.0 Å². The summed E-state index contributed by atoms with van der Waals surface area (Å²) in [6.07, 6.45) is -0.0324. The molecule has 0 saturated carbocycles. The molecule has 0 spiro atoms. The summed E-state index contributed by atoms with van der Waals surface area (Å²) in [6.45, 7) is 10.1. The smallest absolute Gasteiger partial charge is 0.300 e. The van der Waals surface area contributed by atoms with Gasteiger partial charge in [0.2, 0.25) is 0 Å². The Balaban J connectivity index is 1.86. The first kappa shape index (κ1) is 26.6. The number of nitro groups is 1. The number of carbonyl (C=O) groups excluding carboxylic acids is 2. The molecule has 3 aromatic carbocycles. The highest BCUT2D eigenvalue weighted by Crippen LogP contribution is 2.43. The molecule has 1 aliphatic rings. The van der Waals surface area contributed by atoms with Gasteiger partial charge in [-0.3, -0.25) is 24.6 Å². The standard InChI is InChI=1S/C30H30N2O6/c1-18(2)38-24-16-8-19(9-17-24)26-25(27(33)20-6-12-23(13-7-20)32(36)37)28(34)29(35)31(26)22-14-10-21(11-15-22)30(3,4)5/h6-18,26,33H,1-5H3/b27-25-. The van der Waals surface area contributed by atoms with Crippen molar-refractivity contribution in [2.45, 2.75) is 52.2 Å². The highest BCUT2D eigenvalue weighted by Gasteiger charge is 2.47. The van der Waals surface area contributed by atoms with E-state index in [4.69, 9.17) is 4.74 Å². The van der Waals surface area contributed by atoms with E-state index in [-0.39, 0.29) is 28.3 Å². The summed E-state index contributed by atoms with van der Waals surface area (Å²) < 4.78 is 5.74. The quantitative estimate of drug-likeness (QED) is 0.136. The van der Waals surface area contributed by atoms with Crippen molar-refractivity contribution in [1.29, 1.82) is 0 Å². The molecule has 8 nitrogen and oxygen atoms in total. The lowest BCUT2D eigenvalue weighted by molar-refractivity contribution is -0.384. The molecule has 1 N–H and O–H groups in total. The van der Waals surface area contributed by atoms with Crippen LogP contribution in [0.1, 0.15) is 57.4 Å². The first-order valence-corrected chi connectivity index (χ1v) is 12.3. The number of nitrogens with zero attached hydrogens (tertiary/aromatic N) is 2. The van der Waals surface area contributed by atoms with Crippen molar-refractivity contribution in [3.63, 3.8) is 0 Å². The number of hydrogen-bond acceptors (Lipinski definition) is 6. The molecule has 8 heteroatoms. The molecule has 0 aliphatic carbocycles. The van der Waals surface area contributed by atoms with E-state index in [2.05, 4.69) is 20.8 Å². The first-order valence-electron chi connectivity index (χ1n) is 12.3. The van der Waals surface area contributed by atoms with Crippen LogP contribution in [0.25, 0.3) is 5.76 Å². The highest BCUT2D eigenvalue weighted by atomic mass is 16.6. The van der Waals surface area contributed by atoms with E-state index in [9.17, 15) is 24.8 Å². The van der Waals surface area contributed by atoms with Crippen LogP contribution >= 0.6 is 0 Å². The Kier molecular flexibility index (Phi) is 7.09. The normalized spacial score (nSPS) is 17.2. The first-order chi connectivity index (χ1) is 17.9. The van der Waals surface area contributed by atoms with E-state index in [0.717, 1.165) is 5.56 Å². The fourth-order valence-electron chi connectivity index (χ4n) is 4.43. The van der Waals surface area contributed by atoms with Gasteiger partial charge in [0.05, 0.1) is 22.6 Å². The Bertz CT molecular complexity index is 1400.